The van der Waals surface area contributed by atoms with Crippen LogP contribution in [-0.4, -0.2) is 55.6 Å². The van der Waals surface area contributed by atoms with Crippen molar-refractivity contribution in [3.8, 4) is 0 Å². The molecule has 1 fully saturated rings. The van der Waals surface area contributed by atoms with E-state index in [9.17, 15) is 14.4 Å². The second-order valence-electron chi connectivity index (χ2n) is 4.93. The lowest BCUT2D eigenvalue weighted by Gasteiger charge is -2.32. The maximum atomic E-state index is 12.0. The van der Waals surface area contributed by atoms with E-state index in [1.807, 2.05) is 4.90 Å². The van der Waals surface area contributed by atoms with Crippen molar-refractivity contribution in [2.45, 2.75) is 44.7 Å². The summed E-state index contributed by atoms with van der Waals surface area (Å²) < 4.78 is 4.68. The molecule has 0 aromatic rings. The van der Waals surface area contributed by atoms with Gasteiger partial charge in [0.25, 0.3) is 0 Å². The molecule has 1 aliphatic carbocycles. The van der Waals surface area contributed by atoms with Crippen molar-refractivity contribution in [2.24, 2.45) is 0 Å². The van der Waals surface area contributed by atoms with Gasteiger partial charge in [0.15, 0.2) is 0 Å². The summed E-state index contributed by atoms with van der Waals surface area (Å²) in [6.07, 6.45) is 4.08. The molecule has 7 nitrogen and oxygen atoms in total. The fourth-order valence-corrected chi connectivity index (χ4v) is 2.46. The van der Waals surface area contributed by atoms with E-state index in [1.54, 1.807) is 6.92 Å². The third-order valence-electron chi connectivity index (χ3n) is 3.67. The summed E-state index contributed by atoms with van der Waals surface area (Å²) in [6.45, 7) is 1.75. The van der Waals surface area contributed by atoms with E-state index in [2.05, 4.69) is 15.4 Å². The Hall–Kier alpha value is -1.63. The summed E-state index contributed by atoms with van der Waals surface area (Å²) in [7, 11) is 2.76. The summed E-state index contributed by atoms with van der Waals surface area (Å²) >= 11 is 0. The largest absolute Gasteiger partial charge is 0.468 e. The number of nitrogens with one attached hydrogen (secondary N) is 2. The van der Waals surface area contributed by atoms with Gasteiger partial charge in [0, 0.05) is 13.1 Å². The van der Waals surface area contributed by atoms with Crippen molar-refractivity contribution in [3.05, 3.63) is 0 Å². The SMILES string of the molecule is CNC(=O)NC(=O)C(C)N(CC(=O)OC)C1CCCC1. The average Bonchev–Trinajstić information content (AvgIpc) is 2.97. The third kappa shape index (κ3) is 4.48. The van der Waals surface area contributed by atoms with Gasteiger partial charge in [-0.15, -0.1) is 0 Å². The Labute approximate surface area is 119 Å². The first-order chi connectivity index (χ1) is 9.49. The maximum absolute atomic E-state index is 12.0. The molecular formula is C13H23N3O4. The number of hydrogen-bond donors (Lipinski definition) is 2. The number of methoxy groups -OCH3 is 1. The standard InChI is InChI=1S/C13H23N3O4/c1-9(12(18)15-13(19)14-2)16(8-11(17)20-3)10-6-4-5-7-10/h9-10H,4-8H2,1-3H3,(H2,14,15,18,19). The van der Waals surface area contributed by atoms with Crippen molar-refractivity contribution in [1.82, 2.24) is 15.5 Å². The minimum atomic E-state index is -0.561. The van der Waals surface area contributed by atoms with E-state index in [-0.39, 0.29) is 18.6 Å². The topological polar surface area (TPSA) is 87.7 Å². The van der Waals surface area contributed by atoms with E-state index in [4.69, 9.17) is 0 Å². The smallest absolute Gasteiger partial charge is 0.321 e. The van der Waals surface area contributed by atoms with Crippen molar-refractivity contribution in [2.75, 3.05) is 20.7 Å². The van der Waals surface area contributed by atoms with Crippen LogP contribution in [0.25, 0.3) is 0 Å². The Morgan fingerprint density at radius 1 is 1.30 bits per heavy atom. The van der Waals surface area contributed by atoms with Crippen molar-refractivity contribution >= 4 is 17.9 Å². The van der Waals surface area contributed by atoms with Crippen molar-refractivity contribution in [3.63, 3.8) is 0 Å². The molecule has 0 aromatic carbocycles. The van der Waals surface area contributed by atoms with Gasteiger partial charge in [-0.05, 0) is 19.8 Å². The molecule has 0 aliphatic heterocycles. The fourth-order valence-electron chi connectivity index (χ4n) is 2.46. The molecule has 3 amide bonds. The summed E-state index contributed by atoms with van der Waals surface area (Å²) in [5.74, 6) is -0.795. The van der Waals surface area contributed by atoms with Gasteiger partial charge < -0.3 is 10.1 Å². The highest BCUT2D eigenvalue weighted by atomic mass is 16.5. The van der Waals surface area contributed by atoms with Crippen LogP contribution in [0, 0.1) is 0 Å². The van der Waals surface area contributed by atoms with Crippen LogP contribution in [0.4, 0.5) is 4.79 Å². The van der Waals surface area contributed by atoms with Gasteiger partial charge in [-0.25, -0.2) is 4.79 Å². The van der Waals surface area contributed by atoms with Gasteiger partial charge in [0.05, 0.1) is 19.7 Å². The number of amides is 3. The second kappa shape index (κ2) is 7.84. The second-order valence-corrected chi connectivity index (χ2v) is 4.93. The van der Waals surface area contributed by atoms with Crippen LogP contribution >= 0.6 is 0 Å². The Bertz CT molecular complexity index is 367. The molecule has 114 valence electrons. The van der Waals surface area contributed by atoms with Crippen LogP contribution in [0.3, 0.4) is 0 Å². The lowest BCUT2D eigenvalue weighted by molar-refractivity contribution is -0.144. The first-order valence-electron chi connectivity index (χ1n) is 6.84. The molecule has 1 unspecified atom stereocenters. The van der Waals surface area contributed by atoms with Crippen LogP contribution in [-0.2, 0) is 14.3 Å². The Balaban J connectivity index is 2.72. The molecule has 1 rings (SSSR count). The molecule has 0 bridgehead atoms. The van der Waals surface area contributed by atoms with Crippen LogP contribution in [0.2, 0.25) is 0 Å². The molecule has 0 saturated heterocycles. The first-order valence-corrected chi connectivity index (χ1v) is 6.84. The molecule has 1 saturated carbocycles. The van der Waals surface area contributed by atoms with Crippen LogP contribution < -0.4 is 10.6 Å². The maximum Gasteiger partial charge on any atom is 0.321 e. The van der Waals surface area contributed by atoms with Gasteiger partial charge in [-0.1, -0.05) is 12.8 Å². The quantitative estimate of drug-likeness (QED) is 0.707. The first kappa shape index (κ1) is 16.4. The number of urea groups is 1. The average molecular weight is 285 g/mol. The Kier molecular flexibility index (Phi) is 6.44. The minimum absolute atomic E-state index is 0.0590. The number of hydrogen-bond acceptors (Lipinski definition) is 5. The number of carbonyl (C=O) groups is 3. The van der Waals surface area contributed by atoms with Crippen LogP contribution in [0.15, 0.2) is 0 Å². The zero-order valence-corrected chi connectivity index (χ0v) is 12.3. The summed E-state index contributed by atoms with van der Waals surface area (Å²) in [5, 5.41) is 4.57. The van der Waals surface area contributed by atoms with Crippen LogP contribution in [0.5, 0.6) is 0 Å². The number of ether oxygens (including phenoxy) is 1. The zero-order valence-electron chi connectivity index (χ0n) is 12.3. The molecule has 0 radical (unpaired) electrons. The van der Waals surface area contributed by atoms with E-state index in [1.165, 1.54) is 14.2 Å². The molecule has 0 spiro atoms. The lowest BCUT2D eigenvalue weighted by atomic mass is 10.1. The number of esters is 1. The van der Waals surface area contributed by atoms with Crippen molar-refractivity contribution < 1.29 is 19.1 Å². The van der Waals surface area contributed by atoms with Crippen molar-refractivity contribution in [1.29, 1.82) is 0 Å². The Morgan fingerprint density at radius 3 is 2.40 bits per heavy atom. The highest BCUT2D eigenvalue weighted by Crippen LogP contribution is 2.25. The summed E-state index contributed by atoms with van der Waals surface area (Å²) in [6, 6.07) is -0.930. The Morgan fingerprint density at radius 2 is 1.90 bits per heavy atom. The highest BCUT2D eigenvalue weighted by Gasteiger charge is 2.32. The zero-order chi connectivity index (χ0) is 15.1. The fraction of sp³-hybridized carbons (Fsp3) is 0.769. The molecule has 1 atom stereocenters. The lowest BCUT2D eigenvalue weighted by Crippen LogP contribution is -2.53. The monoisotopic (exact) mass is 285 g/mol. The number of nitrogens with zero attached hydrogens (tertiary/aromatic N) is 1. The van der Waals surface area contributed by atoms with E-state index in [0.29, 0.717) is 0 Å². The molecule has 7 heteroatoms. The van der Waals surface area contributed by atoms with Gasteiger partial charge in [-0.3, -0.25) is 19.8 Å². The van der Waals surface area contributed by atoms with E-state index in [0.717, 1.165) is 25.7 Å². The number of imide groups is 1. The molecule has 0 heterocycles. The molecule has 0 aromatic heterocycles. The van der Waals surface area contributed by atoms with Gasteiger partial charge in [-0.2, -0.15) is 0 Å². The molecular weight excluding hydrogens is 262 g/mol. The summed E-state index contributed by atoms with van der Waals surface area (Å²) in [4.78, 5) is 36.5. The molecule has 1 aliphatic rings. The highest BCUT2D eigenvalue weighted by molar-refractivity contribution is 5.96. The predicted molar refractivity (Wildman–Crippen MR) is 73.0 cm³/mol. The van der Waals surface area contributed by atoms with E-state index < -0.39 is 18.0 Å². The van der Waals surface area contributed by atoms with Gasteiger partial charge in [0.2, 0.25) is 5.91 Å². The third-order valence-corrected chi connectivity index (χ3v) is 3.67. The van der Waals surface area contributed by atoms with Gasteiger partial charge in [0.1, 0.15) is 0 Å². The molecule has 20 heavy (non-hydrogen) atoms. The predicted octanol–water partition coefficient (Wildman–Crippen LogP) is 0.248. The van der Waals surface area contributed by atoms with E-state index >= 15 is 0 Å². The number of rotatable bonds is 5. The molecule has 2 N–H and O–H groups in total. The number of carbonyl (C=O) groups excluding carboxylic acids is 3. The normalized spacial score (nSPS) is 16.8. The van der Waals surface area contributed by atoms with Gasteiger partial charge >= 0.3 is 12.0 Å². The van der Waals surface area contributed by atoms with Crippen LogP contribution in [0.1, 0.15) is 32.6 Å². The minimum Gasteiger partial charge on any atom is -0.468 e. The summed E-state index contributed by atoms with van der Waals surface area (Å²) in [5.41, 5.74) is 0.